The van der Waals surface area contributed by atoms with Gasteiger partial charge in [-0.05, 0) is 53.6 Å². The Morgan fingerprint density at radius 1 is 1.13 bits per heavy atom. The van der Waals surface area contributed by atoms with Crippen LogP contribution in [-0.2, 0) is 9.59 Å². The van der Waals surface area contributed by atoms with Crippen LogP contribution in [-0.4, -0.2) is 40.4 Å². The average Bonchev–Trinajstić information content (AvgIpc) is 3.53. The molecule has 5 rings (SSSR count). The van der Waals surface area contributed by atoms with Crippen molar-refractivity contribution in [2.24, 2.45) is 5.92 Å². The molecular weight excluding hydrogens is 519 g/mol. The zero-order valence-corrected chi connectivity index (χ0v) is 23.1. The highest BCUT2D eigenvalue weighted by Gasteiger charge is 2.38. The lowest BCUT2D eigenvalue weighted by Crippen LogP contribution is -2.43. The molecule has 0 bridgehead atoms. The standard InChI is InChI=1S/C29H29FN4O2S2/c1-18(2)15-31-24(35)16-33-25(36)17-38-28(20-10-12-21(30)13-11-20)26-27(23-9-6-14-37-23)32-34(29(26)33)22-8-5-4-7-19(22)3/h4-14,18,28H,15-17H2,1-3H3,(H,31,35)/t28-/m0/s1. The summed E-state index contributed by atoms with van der Waals surface area (Å²) in [7, 11) is 0. The Kier molecular flexibility index (Phi) is 7.67. The van der Waals surface area contributed by atoms with Crippen LogP contribution in [0.15, 0.2) is 66.0 Å². The lowest BCUT2D eigenvalue weighted by atomic mass is 10.0. The van der Waals surface area contributed by atoms with Crippen molar-refractivity contribution in [2.45, 2.75) is 26.0 Å². The predicted octanol–water partition coefficient (Wildman–Crippen LogP) is 5.99. The molecule has 2 aromatic carbocycles. The number of amides is 2. The van der Waals surface area contributed by atoms with E-state index in [1.807, 2.05) is 62.5 Å². The van der Waals surface area contributed by atoms with Crippen LogP contribution < -0.4 is 10.2 Å². The summed E-state index contributed by atoms with van der Waals surface area (Å²) >= 11 is 3.04. The number of halogens is 1. The number of aromatic nitrogens is 2. The zero-order valence-electron chi connectivity index (χ0n) is 21.5. The maximum Gasteiger partial charge on any atom is 0.240 e. The van der Waals surface area contributed by atoms with Gasteiger partial charge < -0.3 is 5.32 Å². The van der Waals surface area contributed by atoms with Gasteiger partial charge in [0.15, 0.2) is 0 Å². The van der Waals surface area contributed by atoms with E-state index in [0.717, 1.165) is 32.9 Å². The SMILES string of the molecule is Cc1ccccc1-n1nc(-c2cccs2)c2c1N(CC(=O)NCC(C)C)C(=O)CS[C@H]2c1ccc(F)cc1. The lowest BCUT2D eigenvalue weighted by Gasteiger charge is -2.24. The summed E-state index contributed by atoms with van der Waals surface area (Å²) in [5.41, 5.74) is 4.29. The van der Waals surface area contributed by atoms with Crippen molar-refractivity contribution >= 4 is 40.7 Å². The summed E-state index contributed by atoms with van der Waals surface area (Å²) < 4.78 is 15.7. The third kappa shape index (κ3) is 5.26. The van der Waals surface area contributed by atoms with Gasteiger partial charge in [-0.15, -0.1) is 23.1 Å². The third-order valence-electron chi connectivity index (χ3n) is 6.37. The number of carbonyl (C=O) groups is 2. The van der Waals surface area contributed by atoms with Crippen LogP contribution >= 0.6 is 23.1 Å². The van der Waals surface area contributed by atoms with Gasteiger partial charge in [-0.3, -0.25) is 14.5 Å². The molecule has 1 N–H and O–H groups in total. The molecule has 38 heavy (non-hydrogen) atoms. The van der Waals surface area contributed by atoms with Crippen molar-refractivity contribution < 1.29 is 14.0 Å². The molecule has 0 saturated heterocycles. The quantitative estimate of drug-likeness (QED) is 0.308. The summed E-state index contributed by atoms with van der Waals surface area (Å²) in [4.78, 5) is 29.2. The summed E-state index contributed by atoms with van der Waals surface area (Å²) in [5.74, 6) is 0.321. The normalized spacial score (nSPS) is 15.4. The molecule has 1 aliphatic rings. The Morgan fingerprint density at radius 2 is 1.89 bits per heavy atom. The van der Waals surface area contributed by atoms with Crippen LogP contribution in [0.5, 0.6) is 0 Å². The Bertz CT molecular complexity index is 1450. The highest BCUT2D eigenvalue weighted by molar-refractivity contribution is 8.00. The Labute approximate surface area is 229 Å². The van der Waals surface area contributed by atoms with E-state index in [4.69, 9.17) is 5.10 Å². The minimum Gasteiger partial charge on any atom is -0.354 e. The van der Waals surface area contributed by atoms with E-state index >= 15 is 0 Å². The van der Waals surface area contributed by atoms with Gasteiger partial charge in [-0.2, -0.15) is 5.10 Å². The number of para-hydroxylation sites is 1. The van der Waals surface area contributed by atoms with E-state index in [-0.39, 0.29) is 41.1 Å². The van der Waals surface area contributed by atoms with Crippen molar-refractivity contribution in [3.05, 3.63) is 88.6 Å². The number of aryl methyl sites for hydroxylation is 1. The topological polar surface area (TPSA) is 67.2 Å². The number of nitrogens with zero attached hydrogens (tertiary/aromatic N) is 3. The van der Waals surface area contributed by atoms with E-state index in [1.54, 1.807) is 33.1 Å². The van der Waals surface area contributed by atoms with Gasteiger partial charge >= 0.3 is 0 Å². The van der Waals surface area contributed by atoms with Gasteiger partial charge in [0.25, 0.3) is 0 Å². The molecule has 2 amide bonds. The number of carbonyl (C=O) groups excluding carboxylic acids is 2. The van der Waals surface area contributed by atoms with Crippen LogP contribution in [0.2, 0.25) is 0 Å². The van der Waals surface area contributed by atoms with Crippen molar-refractivity contribution in [2.75, 3.05) is 23.7 Å². The minimum atomic E-state index is -0.318. The summed E-state index contributed by atoms with van der Waals surface area (Å²) in [6, 6.07) is 18.2. The first-order chi connectivity index (χ1) is 18.3. The van der Waals surface area contributed by atoms with Crippen LogP contribution in [0.3, 0.4) is 0 Å². The van der Waals surface area contributed by atoms with Gasteiger partial charge in [-0.1, -0.05) is 50.2 Å². The van der Waals surface area contributed by atoms with Gasteiger partial charge in [0, 0.05) is 12.1 Å². The van der Waals surface area contributed by atoms with Gasteiger partial charge in [0.05, 0.1) is 21.6 Å². The number of thiophene rings is 1. The second-order valence-electron chi connectivity index (χ2n) is 9.68. The van der Waals surface area contributed by atoms with E-state index in [1.165, 1.54) is 23.9 Å². The molecule has 2 aromatic heterocycles. The fourth-order valence-corrected chi connectivity index (χ4v) is 6.42. The first-order valence-electron chi connectivity index (χ1n) is 12.5. The highest BCUT2D eigenvalue weighted by Crippen LogP contribution is 2.49. The Balaban J connectivity index is 1.75. The van der Waals surface area contributed by atoms with Crippen molar-refractivity contribution in [3.8, 4) is 16.3 Å². The predicted molar refractivity (Wildman–Crippen MR) is 153 cm³/mol. The largest absolute Gasteiger partial charge is 0.354 e. The maximum absolute atomic E-state index is 13.9. The first-order valence-corrected chi connectivity index (χ1v) is 14.4. The minimum absolute atomic E-state index is 0.114. The molecule has 0 fully saturated rings. The molecule has 3 heterocycles. The Morgan fingerprint density at radius 3 is 2.58 bits per heavy atom. The molecule has 0 unspecified atom stereocenters. The molecular formula is C29H29FN4O2S2. The molecule has 196 valence electrons. The van der Waals surface area contributed by atoms with Gasteiger partial charge in [0.2, 0.25) is 11.8 Å². The molecule has 0 radical (unpaired) electrons. The van der Waals surface area contributed by atoms with Crippen molar-refractivity contribution in [3.63, 3.8) is 0 Å². The average molecular weight is 549 g/mol. The summed E-state index contributed by atoms with van der Waals surface area (Å²) in [5, 5.41) is 9.74. The first kappa shape index (κ1) is 26.2. The number of benzene rings is 2. The zero-order chi connectivity index (χ0) is 26.8. The molecule has 1 atom stereocenters. The number of hydrogen-bond donors (Lipinski definition) is 1. The van der Waals surface area contributed by atoms with E-state index < -0.39 is 0 Å². The van der Waals surface area contributed by atoms with Crippen LogP contribution in [0.25, 0.3) is 16.3 Å². The molecule has 0 saturated carbocycles. The van der Waals surface area contributed by atoms with Crippen molar-refractivity contribution in [1.82, 2.24) is 15.1 Å². The van der Waals surface area contributed by atoms with Crippen LogP contribution in [0.4, 0.5) is 10.2 Å². The molecule has 0 spiro atoms. The van der Waals surface area contributed by atoms with Crippen LogP contribution in [0.1, 0.15) is 35.8 Å². The number of thioether (sulfide) groups is 1. The third-order valence-corrected chi connectivity index (χ3v) is 8.50. The van der Waals surface area contributed by atoms with E-state index in [9.17, 15) is 14.0 Å². The second kappa shape index (κ2) is 11.1. The fraction of sp³-hybridized carbons (Fsp3) is 0.276. The van der Waals surface area contributed by atoms with Gasteiger partial charge in [-0.25, -0.2) is 9.07 Å². The number of fused-ring (bicyclic) bond motifs is 1. The second-order valence-corrected chi connectivity index (χ2v) is 11.7. The molecule has 9 heteroatoms. The van der Waals surface area contributed by atoms with Crippen molar-refractivity contribution in [1.29, 1.82) is 0 Å². The number of nitrogens with one attached hydrogen (secondary N) is 1. The molecule has 0 aliphatic carbocycles. The van der Waals surface area contributed by atoms with E-state index in [0.29, 0.717) is 12.4 Å². The smallest absolute Gasteiger partial charge is 0.240 e. The number of anilines is 1. The number of hydrogen-bond acceptors (Lipinski definition) is 5. The summed E-state index contributed by atoms with van der Waals surface area (Å²) in [6.45, 7) is 6.47. The highest BCUT2D eigenvalue weighted by atomic mass is 32.2. The molecule has 4 aromatic rings. The van der Waals surface area contributed by atoms with Crippen LogP contribution in [0, 0.1) is 18.7 Å². The number of rotatable bonds is 7. The Hall–Kier alpha value is -3.43. The fourth-order valence-electron chi connectivity index (χ4n) is 4.50. The molecule has 6 nitrogen and oxygen atoms in total. The summed E-state index contributed by atoms with van der Waals surface area (Å²) in [6.07, 6.45) is 0. The monoisotopic (exact) mass is 548 g/mol. The van der Waals surface area contributed by atoms with E-state index in [2.05, 4.69) is 5.32 Å². The lowest BCUT2D eigenvalue weighted by molar-refractivity contribution is -0.123. The molecule has 1 aliphatic heterocycles. The van der Waals surface area contributed by atoms with Gasteiger partial charge in [0.1, 0.15) is 23.9 Å². The maximum atomic E-state index is 13.9.